The maximum atomic E-state index is 14.1. The summed E-state index contributed by atoms with van der Waals surface area (Å²) in [6, 6.07) is 8.94. The highest BCUT2D eigenvalue weighted by molar-refractivity contribution is 9.10. The van der Waals surface area contributed by atoms with Gasteiger partial charge >= 0.3 is 6.09 Å². The third-order valence-corrected chi connectivity index (χ3v) is 7.71. The average Bonchev–Trinajstić information content (AvgIpc) is 3.32. The van der Waals surface area contributed by atoms with Gasteiger partial charge in [0, 0.05) is 36.3 Å². The molecule has 0 aliphatic carbocycles. The summed E-state index contributed by atoms with van der Waals surface area (Å²) in [5.74, 6) is -0.0447. The van der Waals surface area contributed by atoms with Crippen molar-refractivity contribution < 1.29 is 19.8 Å². The number of hydrogen-bond donors (Lipinski definition) is 5. The van der Waals surface area contributed by atoms with E-state index in [4.69, 9.17) is 0 Å². The van der Waals surface area contributed by atoms with Crippen molar-refractivity contribution in [2.24, 2.45) is 11.3 Å². The van der Waals surface area contributed by atoms with Crippen LogP contribution in [0.2, 0.25) is 0 Å². The number of fused-ring (bicyclic) bond motifs is 1. The molecule has 1 fully saturated rings. The number of amides is 2. The molecule has 3 atom stereocenters. The molecular weight excluding hydrogens is 540 g/mol. The molecule has 1 aromatic carbocycles. The zero-order valence-corrected chi connectivity index (χ0v) is 22.7. The van der Waals surface area contributed by atoms with Crippen LogP contribution in [0.4, 0.5) is 10.6 Å². The Hall–Kier alpha value is -3.18. The predicted molar refractivity (Wildman–Crippen MR) is 144 cm³/mol. The van der Waals surface area contributed by atoms with Gasteiger partial charge in [-0.3, -0.25) is 4.79 Å². The van der Waals surface area contributed by atoms with Crippen molar-refractivity contribution >= 4 is 44.8 Å². The topological polar surface area (TPSA) is 143 Å². The third kappa shape index (κ3) is 5.57. The molecule has 0 spiro atoms. The number of aliphatic hydroxyl groups excluding tert-OH is 1. The maximum Gasteiger partial charge on any atom is 0.405 e. The van der Waals surface area contributed by atoms with Crippen LogP contribution < -0.4 is 15.5 Å². The second kappa shape index (κ2) is 10.7. The Kier molecular flexibility index (Phi) is 7.75. The number of piperidine rings is 1. The molecule has 11 heteroatoms. The molecule has 4 rings (SSSR count). The van der Waals surface area contributed by atoms with Crippen molar-refractivity contribution in [1.29, 1.82) is 0 Å². The number of halogens is 1. The van der Waals surface area contributed by atoms with Crippen LogP contribution in [0.3, 0.4) is 0 Å². The number of aromatic nitrogens is 3. The molecule has 3 unspecified atom stereocenters. The molecule has 0 saturated carbocycles. The van der Waals surface area contributed by atoms with Crippen LogP contribution in [0.25, 0.3) is 11.0 Å². The van der Waals surface area contributed by atoms with E-state index in [0.717, 1.165) is 26.9 Å². The van der Waals surface area contributed by atoms with Gasteiger partial charge in [-0.1, -0.05) is 48.8 Å². The molecule has 0 radical (unpaired) electrons. The summed E-state index contributed by atoms with van der Waals surface area (Å²) in [6.07, 6.45) is 2.60. The van der Waals surface area contributed by atoms with Gasteiger partial charge < -0.3 is 30.7 Å². The van der Waals surface area contributed by atoms with E-state index >= 15 is 0 Å². The minimum absolute atomic E-state index is 0.128. The fraction of sp³-hybridized carbons (Fsp3) is 0.462. The van der Waals surface area contributed by atoms with Gasteiger partial charge in [-0.2, -0.15) is 0 Å². The number of anilines is 1. The van der Waals surface area contributed by atoms with E-state index in [-0.39, 0.29) is 13.0 Å². The standard InChI is InChI=1S/C26H33BrN6O4/c1-25(2,3)20-14-33(22-18-8-11-28-21(18)29-15-30-22)12-10-26(20,32-24(36)37)23(35)31-19(9-13-34)16-4-6-17(27)7-5-16/h4-8,11,15,19-20,32,34H,9-10,12-14H2,1-3H3,(H,31,35)(H,36,37)(H,28,29,30). The smallest absolute Gasteiger partial charge is 0.405 e. The molecule has 10 nitrogen and oxygen atoms in total. The SMILES string of the molecule is CC(C)(C)C1CN(c2ncnc3[nH]ccc23)CCC1(NC(=O)O)C(=O)NC(CCO)c1ccc(Br)cc1. The van der Waals surface area contributed by atoms with Crippen molar-refractivity contribution in [2.75, 3.05) is 24.6 Å². The van der Waals surface area contributed by atoms with Gasteiger partial charge in [-0.05, 0) is 42.0 Å². The summed E-state index contributed by atoms with van der Waals surface area (Å²) in [4.78, 5) is 40.2. The first-order valence-electron chi connectivity index (χ1n) is 12.3. The number of carbonyl (C=O) groups excluding carboxylic acids is 1. The van der Waals surface area contributed by atoms with E-state index in [9.17, 15) is 19.8 Å². The Labute approximate surface area is 224 Å². The number of aliphatic hydroxyl groups is 1. The molecule has 1 aliphatic heterocycles. The molecule has 198 valence electrons. The largest absolute Gasteiger partial charge is 0.465 e. The first kappa shape index (κ1) is 26.9. The first-order valence-corrected chi connectivity index (χ1v) is 13.1. The highest BCUT2D eigenvalue weighted by atomic mass is 79.9. The normalized spacial score (nSPS) is 21.0. The molecule has 2 amide bonds. The van der Waals surface area contributed by atoms with Gasteiger partial charge in [0.25, 0.3) is 0 Å². The highest BCUT2D eigenvalue weighted by Crippen LogP contribution is 2.42. The Morgan fingerprint density at radius 1 is 1.24 bits per heavy atom. The molecule has 3 heterocycles. The van der Waals surface area contributed by atoms with E-state index in [2.05, 4.69) is 46.4 Å². The molecule has 0 bridgehead atoms. The van der Waals surface area contributed by atoms with E-state index in [1.165, 1.54) is 6.33 Å². The molecule has 1 saturated heterocycles. The summed E-state index contributed by atoms with van der Waals surface area (Å²) in [7, 11) is 0. The van der Waals surface area contributed by atoms with Gasteiger partial charge in [-0.15, -0.1) is 0 Å². The van der Waals surface area contributed by atoms with E-state index in [1.54, 1.807) is 6.20 Å². The van der Waals surface area contributed by atoms with Crippen LogP contribution in [-0.4, -0.2) is 62.4 Å². The second-order valence-electron chi connectivity index (χ2n) is 10.5. The summed E-state index contributed by atoms with van der Waals surface area (Å²) in [5, 5.41) is 26.1. The van der Waals surface area contributed by atoms with Gasteiger partial charge in [0.05, 0.1) is 11.4 Å². The number of aromatic amines is 1. The van der Waals surface area contributed by atoms with Crippen molar-refractivity contribution in [3.05, 3.63) is 52.9 Å². The van der Waals surface area contributed by atoms with Gasteiger partial charge in [0.1, 0.15) is 23.3 Å². The average molecular weight is 573 g/mol. The minimum Gasteiger partial charge on any atom is -0.465 e. The lowest BCUT2D eigenvalue weighted by Crippen LogP contribution is -2.70. The third-order valence-electron chi connectivity index (χ3n) is 7.18. The van der Waals surface area contributed by atoms with Gasteiger partial charge in [0.15, 0.2) is 0 Å². The lowest BCUT2D eigenvalue weighted by atomic mass is 9.64. The lowest BCUT2D eigenvalue weighted by Gasteiger charge is -2.52. The van der Waals surface area contributed by atoms with Crippen molar-refractivity contribution in [2.45, 2.75) is 45.2 Å². The van der Waals surface area contributed by atoms with E-state index in [1.807, 2.05) is 51.1 Å². The number of nitrogens with one attached hydrogen (secondary N) is 3. The summed E-state index contributed by atoms with van der Waals surface area (Å²) >= 11 is 3.42. The van der Waals surface area contributed by atoms with E-state index < -0.39 is 34.9 Å². The minimum atomic E-state index is -1.38. The fourth-order valence-corrected chi connectivity index (χ4v) is 5.64. The van der Waals surface area contributed by atoms with E-state index in [0.29, 0.717) is 19.5 Å². The number of rotatable bonds is 7. The summed E-state index contributed by atoms with van der Waals surface area (Å²) in [5.41, 5.74) is -0.269. The van der Waals surface area contributed by atoms with Crippen LogP contribution in [0.1, 0.15) is 45.2 Å². The number of H-pyrrole nitrogens is 1. The van der Waals surface area contributed by atoms with Crippen molar-refractivity contribution in [3.63, 3.8) is 0 Å². The second-order valence-corrected chi connectivity index (χ2v) is 11.5. The van der Waals surface area contributed by atoms with Crippen LogP contribution in [0, 0.1) is 11.3 Å². The zero-order valence-electron chi connectivity index (χ0n) is 21.2. The number of carboxylic acid groups (broad SMARTS) is 1. The maximum absolute atomic E-state index is 14.1. The molecule has 1 aliphatic rings. The predicted octanol–water partition coefficient (Wildman–Crippen LogP) is 3.84. The number of benzene rings is 1. The van der Waals surface area contributed by atoms with Crippen molar-refractivity contribution in [3.8, 4) is 0 Å². The monoisotopic (exact) mass is 572 g/mol. The van der Waals surface area contributed by atoms with Crippen LogP contribution in [0.15, 0.2) is 47.3 Å². The van der Waals surface area contributed by atoms with Gasteiger partial charge in [-0.25, -0.2) is 14.8 Å². The molecule has 37 heavy (non-hydrogen) atoms. The Bertz CT molecular complexity index is 1260. The highest BCUT2D eigenvalue weighted by Gasteiger charge is 2.54. The molecule has 3 aromatic rings. The molecular formula is C26H33BrN6O4. The Morgan fingerprint density at radius 3 is 2.62 bits per heavy atom. The fourth-order valence-electron chi connectivity index (χ4n) is 5.37. The number of hydrogen-bond acceptors (Lipinski definition) is 6. The van der Waals surface area contributed by atoms with Crippen LogP contribution in [0.5, 0.6) is 0 Å². The number of carbonyl (C=O) groups is 2. The first-order chi connectivity index (χ1) is 17.5. The lowest BCUT2D eigenvalue weighted by molar-refractivity contribution is -0.134. The Morgan fingerprint density at radius 2 is 1.97 bits per heavy atom. The number of nitrogens with zero attached hydrogens (tertiary/aromatic N) is 3. The Balaban J connectivity index is 1.70. The molecule has 5 N–H and O–H groups in total. The van der Waals surface area contributed by atoms with Crippen LogP contribution >= 0.6 is 15.9 Å². The van der Waals surface area contributed by atoms with Crippen molar-refractivity contribution in [1.82, 2.24) is 25.6 Å². The van der Waals surface area contributed by atoms with Gasteiger partial charge in [0.2, 0.25) is 5.91 Å². The summed E-state index contributed by atoms with van der Waals surface area (Å²) < 4.78 is 0.899. The zero-order chi connectivity index (χ0) is 26.8. The molecule has 2 aromatic heterocycles. The summed E-state index contributed by atoms with van der Waals surface area (Å²) in [6.45, 7) is 6.74. The van der Waals surface area contributed by atoms with Crippen LogP contribution in [-0.2, 0) is 4.79 Å². The quantitative estimate of drug-likeness (QED) is 0.289.